The molecular weight excluding hydrogens is 280 g/mol. The molecule has 3 nitrogen and oxygen atoms in total. The van der Waals surface area contributed by atoms with Gasteiger partial charge in [-0.05, 0) is 31.0 Å². The zero-order valence-corrected chi connectivity index (χ0v) is 11.5. The highest BCUT2D eigenvalue weighted by Gasteiger charge is 2.25. The van der Waals surface area contributed by atoms with E-state index in [2.05, 4.69) is 15.9 Å². The van der Waals surface area contributed by atoms with Crippen molar-refractivity contribution >= 4 is 27.5 Å². The van der Waals surface area contributed by atoms with E-state index >= 15 is 0 Å². The molecule has 0 unspecified atom stereocenters. The standard InChI is InChI=1S/C13H17BrN2O/c1-16(10-4-2-3-5-10)13(17)11-7-6-9(14)8-12(11)15/h6-8,10H,2-5,15H2,1H3. The second-order valence-electron chi connectivity index (χ2n) is 4.59. The van der Waals surface area contributed by atoms with Crippen LogP contribution in [-0.4, -0.2) is 23.9 Å². The van der Waals surface area contributed by atoms with Crippen molar-refractivity contribution in [3.05, 3.63) is 28.2 Å². The molecule has 1 aromatic rings. The Kier molecular flexibility index (Phi) is 3.72. The van der Waals surface area contributed by atoms with Crippen LogP contribution >= 0.6 is 15.9 Å². The summed E-state index contributed by atoms with van der Waals surface area (Å²) in [4.78, 5) is 14.1. The largest absolute Gasteiger partial charge is 0.398 e. The number of amides is 1. The van der Waals surface area contributed by atoms with Crippen molar-refractivity contribution in [2.45, 2.75) is 31.7 Å². The molecule has 2 N–H and O–H groups in total. The van der Waals surface area contributed by atoms with Crippen molar-refractivity contribution in [3.8, 4) is 0 Å². The van der Waals surface area contributed by atoms with Crippen LogP contribution in [0.2, 0.25) is 0 Å². The summed E-state index contributed by atoms with van der Waals surface area (Å²) in [5.41, 5.74) is 7.02. The average molecular weight is 297 g/mol. The molecule has 0 bridgehead atoms. The Hall–Kier alpha value is -1.03. The monoisotopic (exact) mass is 296 g/mol. The number of nitrogens with zero attached hydrogens (tertiary/aromatic N) is 1. The number of nitrogen functional groups attached to an aromatic ring is 1. The van der Waals surface area contributed by atoms with E-state index in [4.69, 9.17) is 5.73 Å². The van der Waals surface area contributed by atoms with E-state index in [0.29, 0.717) is 17.3 Å². The minimum atomic E-state index is 0.0295. The lowest BCUT2D eigenvalue weighted by Gasteiger charge is -2.24. The lowest BCUT2D eigenvalue weighted by molar-refractivity contribution is 0.0736. The van der Waals surface area contributed by atoms with Gasteiger partial charge in [0.15, 0.2) is 0 Å². The smallest absolute Gasteiger partial charge is 0.255 e. The predicted octanol–water partition coefficient (Wildman–Crippen LogP) is 3.05. The third kappa shape index (κ3) is 2.63. The topological polar surface area (TPSA) is 46.3 Å². The van der Waals surface area contributed by atoms with Crippen LogP contribution < -0.4 is 5.73 Å². The average Bonchev–Trinajstić information content (AvgIpc) is 2.80. The first kappa shape index (κ1) is 12.4. The van der Waals surface area contributed by atoms with Gasteiger partial charge in [-0.3, -0.25) is 4.79 Å². The number of rotatable bonds is 2. The number of hydrogen-bond donors (Lipinski definition) is 1. The number of nitrogens with two attached hydrogens (primary N) is 1. The Balaban J connectivity index is 2.18. The van der Waals surface area contributed by atoms with Crippen LogP contribution in [0, 0.1) is 0 Å². The van der Waals surface area contributed by atoms with E-state index in [1.165, 1.54) is 12.8 Å². The fraction of sp³-hybridized carbons (Fsp3) is 0.462. The summed E-state index contributed by atoms with van der Waals surface area (Å²) in [7, 11) is 1.87. The molecule has 1 aliphatic rings. The molecule has 17 heavy (non-hydrogen) atoms. The maximum atomic E-state index is 12.3. The van der Waals surface area contributed by atoms with Crippen LogP contribution in [0.4, 0.5) is 5.69 Å². The molecule has 2 rings (SSSR count). The Labute approximate surface area is 110 Å². The van der Waals surface area contributed by atoms with Gasteiger partial charge in [0.2, 0.25) is 0 Å². The first-order valence-electron chi connectivity index (χ1n) is 5.92. The second kappa shape index (κ2) is 5.08. The summed E-state index contributed by atoms with van der Waals surface area (Å²) >= 11 is 3.34. The van der Waals surface area contributed by atoms with Crippen LogP contribution in [0.15, 0.2) is 22.7 Å². The Morgan fingerprint density at radius 2 is 2.06 bits per heavy atom. The fourth-order valence-corrected chi connectivity index (χ4v) is 2.75. The minimum absolute atomic E-state index is 0.0295. The highest BCUT2D eigenvalue weighted by Crippen LogP contribution is 2.26. The third-order valence-corrected chi connectivity index (χ3v) is 3.93. The summed E-state index contributed by atoms with van der Waals surface area (Å²) < 4.78 is 0.898. The number of carbonyl (C=O) groups is 1. The number of benzene rings is 1. The van der Waals surface area contributed by atoms with Gasteiger partial charge in [0, 0.05) is 23.2 Å². The van der Waals surface area contributed by atoms with Crippen molar-refractivity contribution < 1.29 is 4.79 Å². The first-order chi connectivity index (χ1) is 8.09. The van der Waals surface area contributed by atoms with Gasteiger partial charge in [-0.1, -0.05) is 28.8 Å². The quantitative estimate of drug-likeness (QED) is 0.853. The first-order valence-corrected chi connectivity index (χ1v) is 6.71. The summed E-state index contributed by atoms with van der Waals surface area (Å²) in [5.74, 6) is 0.0295. The zero-order valence-electron chi connectivity index (χ0n) is 9.95. The van der Waals surface area contributed by atoms with Gasteiger partial charge in [0.1, 0.15) is 0 Å². The number of carbonyl (C=O) groups excluding carboxylic acids is 1. The molecule has 0 radical (unpaired) electrons. The molecule has 0 atom stereocenters. The lowest BCUT2D eigenvalue weighted by atomic mass is 10.1. The molecule has 0 aromatic heterocycles. The molecule has 1 amide bonds. The number of hydrogen-bond acceptors (Lipinski definition) is 2. The molecule has 1 aliphatic carbocycles. The highest BCUT2D eigenvalue weighted by atomic mass is 79.9. The molecule has 0 aliphatic heterocycles. The molecule has 1 saturated carbocycles. The van der Waals surface area contributed by atoms with Gasteiger partial charge in [0.25, 0.3) is 5.91 Å². The molecule has 1 fully saturated rings. The summed E-state index contributed by atoms with van der Waals surface area (Å²) in [5, 5.41) is 0. The van der Waals surface area contributed by atoms with Crippen molar-refractivity contribution in [1.29, 1.82) is 0 Å². The molecular formula is C13H17BrN2O. The van der Waals surface area contributed by atoms with Gasteiger partial charge in [0.05, 0.1) is 5.56 Å². The van der Waals surface area contributed by atoms with Gasteiger partial charge >= 0.3 is 0 Å². The van der Waals surface area contributed by atoms with E-state index < -0.39 is 0 Å². The predicted molar refractivity (Wildman–Crippen MR) is 72.9 cm³/mol. The molecule has 0 saturated heterocycles. The third-order valence-electron chi connectivity index (χ3n) is 3.44. The maximum Gasteiger partial charge on any atom is 0.255 e. The summed E-state index contributed by atoms with van der Waals surface area (Å²) in [6.45, 7) is 0. The Morgan fingerprint density at radius 3 is 2.65 bits per heavy atom. The van der Waals surface area contributed by atoms with Crippen LogP contribution in [0.25, 0.3) is 0 Å². The van der Waals surface area contributed by atoms with Crippen molar-refractivity contribution in [1.82, 2.24) is 4.90 Å². The number of halogens is 1. The van der Waals surface area contributed by atoms with Gasteiger partial charge in [-0.25, -0.2) is 0 Å². The SMILES string of the molecule is CN(C(=O)c1ccc(Br)cc1N)C1CCCC1. The molecule has 0 heterocycles. The van der Waals surface area contributed by atoms with E-state index in [9.17, 15) is 4.79 Å². The van der Waals surface area contributed by atoms with Gasteiger partial charge in [-0.2, -0.15) is 0 Å². The minimum Gasteiger partial charge on any atom is -0.398 e. The fourth-order valence-electron chi connectivity index (χ4n) is 2.38. The van der Waals surface area contributed by atoms with E-state index in [1.54, 1.807) is 12.1 Å². The van der Waals surface area contributed by atoms with Crippen LogP contribution in [0.1, 0.15) is 36.0 Å². The van der Waals surface area contributed by atoms with Crippen molar-refractivity contribution in [2.75, 3.05) is 12.8 Å². The summed E-state index contributed by atoms with van der Waals surface area (Å²) in [6, 6.07) is 5.79. The summed E-state index contributed by atoms with van der Waals surface area (Å²) in [6.07, 6.45) is 4.66. The second-order valence-corrected chi connectivity index (χ2v) is 5.50. The maximum absolute atomic E-state index is 12.3. The van der Waals surface area contributed by atoms with Gasteiger partial charge < -0.3 is 10.6 Å². The van der Waals surface area contributed by atoms with Crippen LogP contribution in [-0.2, 0) is 0 Å². The molecule has 1 aromatic carbocycles. The van der Waals surface area contributed by atoms with Gasteiger partial charge in [-0.15, -0.1) is 0 Å². The molecule has 0 spiro atoms. The van der Waals surface area contributed by atoms with Crippen molar-refractivity contribution in [2.24, 2.45) is 0 Å². The normalized spacial score (nSPS) is 16.1. The van der Waals surface area contributed by atoms with E-state index in [0.717, 1.165) is 17.3 Å². The lowest BCUT2D eigenvalue weighted by Crippen LogP contribution is -2.35. The van der Waals surface area contributed by atoms with E-state index in [1.807, 2.05) is 18.0 Å². The van der Waals surface area contributed by atoms with E-state index in [-0.39, 0.29) is 5.91 Å². The highest BCUT2D eigenvalue weighted by molar-refractivity contribution is 9.10. The zero-order chi connectivity index (χ0) is 12.4. The Bertz CT molecular complexity index is 427. The van der Waals surface area contributed by atoms with Crippen LogP contribution in [0.5, 0.6) is 0 Å². The molecule has 4 heteroatoms. The van der Waals surface area contributed by atoms with Crippen LogP contribution in [0.3, 0.4) is 0 Å². The number of anilines is 1. The van der Waals surface area contributed by atoms with Crippen molar-refractivity contribution in [3.63, 3.8) is 0 Å². The Morgan fingerprint density at radius 1 is 1.41 bits per heavy atom. The molecule has 92 valence electrons.